The van der Waals surface area contributed by atoms with E-state index in [1.807, 2.05) is 12.1 Å². The summed E-state index contributed by atoms with van der Waals surface area (Å²) in [6.45, 7) is 0. The van der Waals surface area contributed by atoms with Gasteiger partial charge in [0.25, 0.3) is 0 Å². The number of nitrogens with zero attached hydrogens (tertiary/aromatic N) is 3. The van der Waals surface area contributed by atoms with Crippen LogP contribution in [-0.4, -0.2) is 28.2 Å². The highest BCUT2D eigenvalue weighted by Gasteiger charge is 2.31. The quantitative estimate of drug-likeness (QED) is 0.507. The summed E-state index contributed by atoms with van der Waals surface area (Å²) < 4.78 is 48.8. The fourth-order valence-electron chi connectivity index (χ4n) is 2.91. The smallest absolute Gasteiger partial charge is 0.497 e. The van der Waals surface area contributed by atoms with Crippen molar-refractivity contribution in [2.45, 2.75) is 6.36 Å². The summed E-state index contributed by atoms with van der Waals surface area (Å²) >= 11 is 0. The molecule has 4 rings (SSSR count). The van der Waals surface area contributed by atoms with Crippen LogP contribution in [0.2, 0.25) is 0 Å². The van der Waals surface area contributed by atoms with E-state index in [0.717, 1.165) is 5.69 Å². The zero-order valence-corrected chi connectivity index (χ0v) is 15.1. The van der Waals surface area contributed by atoms with E-state index < -0.39 is 6.36 Å². The molecule has 0 saturated carbocycles. The predicted molar refractivity (Wildman–Crippen MR) is 102 cm³/mol. The minimum Gasteiger partial charge on any atom is -0.497 e. The van der Waals surface area contributed by atoms with Gasteiger partial charge in [-0.3, -0.25) is 4.98 Å². The van der Waals surface area contributed by atoms with Crippen molar-refractivity contribution in [3.05, 3.63) is 67.1 Å². The lowest BCUT2D eigenvalue weighted by Gasteiger charge is -2.14. The van der Waals surface area contributed by atoms with Gasteiger partial charge in [0.05, 0.1) is 18.3 Å². The molecule has 0 saturated heterocycles. The Balaban J connectivity index is 1.74. The largest absolute Gasteiger partial charge is 0.573 e. The van der Waals surface area contributed by atoms with Crippen molar-refractivity contribution in [2.24, 2.45) is 0 Å². The Kier molecular flexibility index (Phi) is 4.71. The number of pyridine rings is 1. The van der Waals surface area contributed by atoms with E-state index in [9.17, 15) is 13.2 Å². The molecule has 2 aromatic carbocycles. The highest BCUT2D eigenvalue weighted by Crippen LogP contribution is 2.32. The van der Waals surface area contributed by atoms with E-state index in [1.165, 1.54) is 18.2 Å². The van der Waals surface area contributed by atoms with Crippen molar-refractivity contribution in [1.29, 1.82) is 0 Å². The molecule has 0 unspecified atom stereocenters. The van der Waals surface area contributed by atoms with E-state index in [4.69, 9.17) is 4.74 Å². The van der Waals surface area contributed by atoms with Gasteiger partial charge in [-0.25, -0.2) is 4.68 Å². The molecule has 0 amide bonds. The summed E-state index contributed by atoms with van der Waals surface area (Å²) in [6, 6.07) is 12.9. The maximum atomic E-state index is 12.6. The predicted octanol–water partition coefficient (Wildman–Crippen LogP) is 5.07. The number of benzene rings is 2. The number of ether oxygens (including phenoxy) is 2. The van der Waals surface area contributed by atoms with Crippen LogP contribution < -0.4 is 14.8 Å². The summed E-state index contributed by atoms with van der Waals surface area (Å²) in [6.07, 6.45) is 0.255. The number of hydrogen-bond acceptors (Lipinski definition) is 5. The average Bonchev–Trinajstić information content (AvgIpc) is 3.22. The number of anilines is 2. The third-order valence-corrected chi connectivity index (χ3v) is 4.12. The van der Waals surface area contributed by atoms with Crippen molar-refractivity contribution in [3.63, 3.8) is 0 Å². The molecule has 6 nitrogen and oxygen atoms in total. The minimum atomic E-state index is -4.77. The molecular formula is C20H15F3N4O2. The van der Waals surface area contributed by atoms with Crippen molar-refractivity contribution in [1.82, 2.24) is 14.8 Å². The van der Waals surface area contributed by atoms with Crippen molar-refractivity contribution < 1.29 is 22.6 Å². The number of rotatable bonds is 5. The highest BCUT2D eigenvalue weighted by molar-refractivity contribution is 5.93. The molecule has 1 N–H and O–H groups in total. The third kappa shape index (κ3) is 4.23. The topological polar surface area (TPSA) is 61.2 Å². The lowest BCUT2D eigenvalue weighted by molar-refractivity contribution is -0.274. The molecule has 0 aliphatic carbocycles. The Hall–Kier alpha value is -3.75. The van der Waals surface area contributed by atoms with E-state index in [-0.39, 0.29) is 5.75 Å². The molecular weight excluding hydrogens is 385 g/mol. The average molecular weight is 400 g/mol. The summed E-state index contributed by atoms with van der Waals surface area (Å²) in [7, 11) is 1.55. The van der Waals surface area contributed by atoms with E-state index in [0.29, 0.717) is 28.0 Å². The van der Waals surface area contributed by atoms with Gasteiger partial charge in [-0.15, -0.1) is 13.2 Å². The molecule has 29 heavy (non-hydrogen) atoms. The van der Waals surface area contributed by atoms with Crippen molar-refractivity contribution in [3.8, 4) is 17.2 Å². The molecule has 2 heterocycles. The number of methoxy groups -OCH3 is 1. The fraction of sp³-hybridized carbons (Fsp3) is 0.100. The molecule has 0 spiro atoms. The van der Waals surface area contributed by atoms with E-state index >= 15 is 0 Å². The van der Waals surface area contributed by atoms with Crippen LogP contribution >= 0.6 is 0 Å². The van der Waals surface area contributed by atoms with Gasteiger partial charge in [0.2, 0.25) is 0 Å². The highest BCUT2D eigenvalue weighted by atomic mass is 19.4. The Morgan fingerprint density at radius 1 is 1.00 bits per heavy atom. The molecule has 9 heteroatoms. The lowest BCUT2D eigenvalue weighted by atomic mass is 10.1. The zero-order valence-electron chi connectivity index (χ0n) is 15.1. The molecule has 148 valence electrons. The first-order valence-corrected chi connectivity index (χ1v) is 8.52. The molecule has 0 radical (unpaired) electrons. The van der Waals surface area contributed by atoms with Gasteiger partial charge in [0.15, 0.2) is 0 Å². The fourth-order valence-corrected chi connectivity index (χ4v) is 2.91. The SMILES string of the molecule is COc1cc(Nc2ccnc3ccc(OC(F)(F)F)cc23)cc(-n2cccn2)c1. The van der Waals surface area contributed by atoms with Gasteiger partial charge in [0, 0.05) is 47.5 Å². The lowest BCUT2D eigenvalue weighted by Crippen LogP contribution is -2.17. The number of alkyl halides is 3. The second-order valence-corrected chi connectivity index (χ2v) is 6.08. The number of fused-ring (bicyclic) bond motifs is 1. The summed E-state index contributed by atoms with van der Waals surface area (Å²) in [5.74, 6) is 0.281. The second kappa shape index (κ2) is 7.34. The van der Waals surface area contributed by atoms with Gasteiger partial charge in [0.1, 0.15) is 11.5 Å². The van der Waals surface area contributed by atoms with Gasteiger partial charge in [-0.2, -0.15) is 5.10 Å². The molecule has 0 bridgehead atoms. The van der Waals surface area contributed by atoms with Gasteiger partial charge in [-0.1, -0.05) is 0 Å². The molecule has 0 fully saturated rings. The van der Waals surface area contributed by atoms with Crippen LogP contribution in [0.5, 0.6) is 11.5 Å². The molecule has 0 atom stereocenters. The third-order valence-electron chi connectivity index (χ3n) is 4.12. The van der Waals surface area contributed by atoms with Gasteiger partial charge >= 0.3 is 6.36 Å². The van der Waals surface area contributed by atoms with Crippen LogP contribution in [-0.2, 0) is 0 Å². The zero-order chi connectivity index (χ0) is 20.4. The maximum absolute atomic E-state index is 12.6. The first-order valence-electron chi connectivity index (χ1n) is 8.52. The Bertz CT molecular complexity index is 1140. The monoisotopic (exact) mass is 400 g/mol. The van der Waals surface area contributed by atoms with Crippen LogP contribution in [0.4, 0.5) is 24.5 Å². The maximum Gasteiger partial charge on any atom is 0.573 e. The van der Waals surface area contributed by atoms with E-state index in [2.05, 4.69) is 20.1 Å². The first kappa shape index (κ1) is 18.6. The first-order chi connectivity index (χ1) is 13.9. The van der Waals surface area contributed by atoms with E-state index in [1.54, 1.807) is 48.6 Å². The van der Waals surface area contributed by atoms with Crippen LogP contribution in [0.25, 0.3) is 16.6 Å². The number of hydrogen-bond donors (Lipinski definition) is 1. The summed E-state index contributed by atoms with van der Waals surface area (Å²) in [5.41, 5.74) is 2.53. The van der Waals surface area contributed by atoms with Crippen LogP contribution in [0.15, 0.2) is 67.1 Å². The minimum absolute atomic E-state index is 0.316. The number of halogens is 3. The summed E-state index contributed by atoms with van der Waals surface area (Å²) in [5, 5.41) is 7.91. The Morgan fingerprint density at radius 3 is 2.59 bits per heavy atom. The van der Waals surface area contributed by atoms with Crippen molar-refractivity contribution >= 4 is 22.3 Å². The number of aromatic nitrogens is 3. The standard InChI is InChI=1S/C20H15F3N4O2/c1-28-16-10-13(9-14(11-16)27-8-2-6-25-27)26-19-5-7-24-18-4-3-15(12-17(18)19)29-20(21,22)23/h2-12H,1H3,(H,24,26). The van der Waals surface area contributed by atoms with Crippen LogP contribution in [0.1, 0.15) is 0 Å². The van der Waals surface area contributed by atoms with Gasteiger partial charge < -0.3 is 14.8 Å². The van der Waals surface area contributed by atoms with Crippen LogP contribution in [0, 0.1) is 0 Å². The molecule has 4 aromatic rings. The van der Waals surface area contributed by atoms with Crippen LogP contribution in [0.3, 0.4) is 0 Å². The normalized spacial score (nSPS) is 11.4. The Labute approximate surface area is 163 Å². The second-order valence-electron chi connectivity index (χ2n) is 6.08. The molecule has 2 aromatic heterocycles. The number of nitrogens with one attached hydrogen (secondary N) is 1. The summed E-state index contributed by atoms with van der Waals surface area (Å²) in [4.78, 5) is 4.20. The Morgan fingerprint density at radius 2 is 1.86 bits per heavy atom. The van der Waals surface area contributed by atoms with Crippen molar-refractivity contribution in [2.75, 3.05) is 12.4 Å². The van der Waals surface area contributed by atoms with Gasteiger partial charge in [-0.05, 0) is 36.4 Å². The molecule has 0 aliphatic heterocycles. The molecule has 0 aliphatic rings.